The van der Waals surface area contributed by atoms with Gasteiger partial charge < -0.3 is 9.47 Å². The zero-order chi connectivity index (χ0) is 11.0. The second-order valence-corrected chi connectivity index (χ2v) is 5.20. The largest absolute Gasteiger partial charge is 0.433 e. The molecule has 0 aromatic carbocycles. The Hall–Kier alpha value is -0.570. The van der Waals surface area contributed by atoms with Crippen LogP contribution in [-0.2, 0) is 14.3 Å². The van der Waals surface area contributed by atoms with Gasteiger partial charge in [0.05, 0.1) is 0 Å². The number of hydrogen-bond acceptors (Lipinski definition) is 3. The summed E-state index contributed by atoms with van der Waals surface area (Å²) in [7, 11) is 0. The minimum atomic E-state index is -0.729. The van der Waals surface area contributed by atoms with Crippen molar-refractivity contribution in [1.82, 2.24) is 0 Å². The minimum Gasteiger partial charge on any atom is -0.433 e. The molecule has 0 radical (unpaired) electrons. The van der Waals surface area contributed by atoms with Gasteiger partial charge in [-0.25, -0.2) is 4.79 Å². The summed E-state index contributed by atoms with van der Waals surface area (Å²) < 4.78 is 10.9. The van der Waals surface area contributed by atoms with E-state index >= 15 is 0 Å². The molecule has 0 amide bonds. The van der Waals surface area contributed by atoms with E-state index in [1.165, 1.54) is 0 Å². The lowest BCUT2D eigenvalue weighted by Gasteiger charge is -2.26. The van der Waals surface area contributed by atoms with Crippen LogP contribution < -0.4 is 0 Å². The third-order valence-electron chi connectivity index (χ3n) is 2.45. The van der Waals surface area contributed by atoms with Crippen molar-refractivity contribution in [3.05, 3.63) is 0 Å². The predicted octanol–water partition coefficient (Wildman–Crippen LogP) is 2.49. The number of ether oxygens (including phenoxy) is 2. The molecule has 1 aliphatic rings. The number of cyclic esters (lactones) is 1. The van der Waals surface area contributed by atoms with Gasteiger partial charge in [0.15, 0.2) is 5.60 Å². The molecule has 1 saturated heterocycles. The highest BCUT2D eigenvalue weighted by molar-refractivity contribution is 5.80. The van der Waals surface area contributed by atoms with Crippen LogP contribution in [0.15, 0.2) is 0 Å². The lowest BCUT2D eigenvalue weighted by molar-refractivity contribution is -0.155. The highest BCUT2D eigenvalue weighted by Gasteiger charge is 2.49. The summed E-state index contributed by atoms with van der Waals surface area (Å²) in [4.78, 5) is 11.6. The first-order valence-electron chi connectivity index (χ1n) is 5.18. The van der Waals surface area contributed by atoms with Crippen molar-refractivity contribution in [2.45, 2.75) is 59.4 Å². The Kier molecular flexibility index (Phi) is 2.91. The molecule has 0 bridgehead atoms. The molecule has 3 heteroatoms. The van der Waals surface area contributed by atoms with Gasteiger partial charge in [-0.3, -0.25) is 0 Å². The van der Waals surface area contributed by atoms with E-state index in [9.17, 15) is 4.79 Å². The Bertz CT molecular complexity index is 229. The summed E-state index contributed by atoms with van der Waals surface area (Å²) in [5.74, 6) is -0.223. The van der Waals surface area contributed by atoms with Crippen molar-refractivity contribution in [3.63, 3.8) is 0 Å². The minimum absolute atomic E-state index is 0.152. The van der Waals surface area contributed by atoms with Gasteiger partial charge in [0.1, 0.15) is 0 Å². The molecule has 1 rings (SSSR count). The van der Waals surface area contributed by atoms with E-state index in [-0.39, 0.29) is 11.4 Å². The molecule has 82 valence electrons. The molecule has 1 fully saturated rings. The second kappa shape index (κ2) is 3.54. The first-order valence-corrected chi connectivity index (χ1v) is 5.18. The smallest absolute Gasteiger partial charge is 0.340 e. The molecule has 0 saturated carbocycles. The van der Waals surface area contributed by atoms with Gasteiger partial charge in [-0.1, -0.05) is 34.1 Å². The van der Waals surface area contributed by atoms with Crippen molar-refractivity contribution in [1.29, 1.82) is 0 Å². The highest BCUT2D eigenvalue weighted by atomic mass is 16.8. The lowest BCUT2D eigenvalue weighted by Crippen LogP contribution is -2.34. The number of esters is 1. The molecule has 1 aliphatic heterocycles. The maximum absolute atomic E-state index is 11.6. The SMILES string of the molecule is CCCC1(C)OC(C(C)(C)C)OC1=O. The molecule has 2 atom stereocenters. The van der Waals surface area contributed by atoms with Crippen LogP contribution in [0, 0.1) is 5.41 Å². The molecule has 0 aromatic heterocycles. The fourth-order valence-corrected chi connectivity index (χ4v) is 1.52. The van der Waals surface area contributed by atoms with Gasteiger partial charge in [0, 0.05) is 5.41 Å². The Balaban J connectivity index is 2.73. The van der Waals surface area contributed by atoms with E-state index in [2.05, 4.69) is 0 Å². The van der Waals surface area contributed by atoms with E-state index in [1.54, 1.807) is 0 Å². The average Bonchev–Trinajstić information content (AvgIpc) is 2.28. The number of carbonyl (C=O) groups is 1. The summed E-state index contributed by atoms with van der Waals surface area (Å²) in [5.41, 5.74) is -0.881. The molecule has 1 heterocycles. The Morgan fingerprint density at radius 3 is 2.36 bits per heavy atom. The predicted molar refractivity (Wildman–Crippen MR) is 53.7 cm³/mol. The van der Waals surface area contributed by atoms with Gasteiger partial charge in [-0.15, -0.1) is 0 Å². The van der Waals surface area contributed by atoms with Crippen LogP contribution in [-0.4, -0.2) is 17.9 Å². The lowest BCUT2D eigenvalue weighted by atomic mass is 9.96. The molecular formula is C11H20O3. The van der Waals surface area contributed by atoms with Crippen LogP contribution in [0.2, 0.25) is 0 Å². The van der Waals surface area contributed by atoms with E-state index in [1.807, 2.05) is 34.6 Å². The zero-order valence-electron chi connectivity index (χ0n) is 9.72. The first-order chi connectivity index (χ1) is 6.29. The monoisotopic (exact) mass is 200 g/mol. The molecule has 0 spiro atoms. The zero-order valence-corrected chi connectivity index (χ0v) is 9.72. The Morgan fingerprint density at radius 1 is 1.43 bits per heavy atom. The van der Waals surface area contributed by atoms with Crippen LogP contribution in [0.5, 0.6) is 0 Å². The third kappa shape index (κ3) is 2.08. The third-order valence-corrected chi connectivity index (χ3v) is 2.45. The van der Waals surface area contributed by atoms with Gasteiger partial charge in [0.2, 0.25) is 6.29 Å². The van der Waals surface area contributed by atoms with Crippen molar-refractivity contribution in [2.75, 3.05) is 0 Å². The van der Waals surface area contributed by atoms with Crippen LogP contribution in [0.25, 0.3) is 0 Å². The highest BCUT2D eigenvalue weighted by Crippen LogP contribution is 2.36. The molecule has 3 nitrogen and oxygen atoms in total. The van der Waals surface area contributed by atoms with Crippen molar-refractivity contribution in [2.24, 2.45) is 5.41 Å². The summed E-state index contributed by atoms with van der Waals surface area (Å²) >= 11 is 0. The van der Waals surface area contributed by atoms with Crippen molar-refractivity contribution in [3.8, 4) is 0 Å². The topological polar surface area (TPSA) is 35.5 Å². The van der Waals surface area contributed by atoms with Gasteiger partial charge >= 0.3 is 5.97 Å². The fraction of sp³-hybridized carbons (Fsp3) is 0.909. The van der Waals surface area contributed by atoms with Crippen LogP contribution in [0.4, 0.5) is 0 Å². The summed E-state index contributed by atoms with van der Waals surface area (Å²) in [6.07, 6.45) is 1.23. The fourth-order valence-electron chi connectivity index (χ4n) is 1.52. The van der Waals surface area contributed by atoms with Gasteiger partial charge in [-0.05, 0) is 13.3 Å². The molecule has 0 aliphatic carbocycles. The van der Waals surface area contributed by atoms with E-state index in [0.717, 1.165) is 12.8 Å². The van der Waals surface area contributed by atoms with E-state index in [0.29, 0.717) is 0 Å². The maximum Gasteiger partial charge on any atom is 0.340 e. The molecule has 14 heavy (non-hydrogen) atoms. The molecule has 0 aromatic rings. The molecule has 0 N–H and O–H groups in total. The summed E-state index contributed by atoms with van der Waals surface area (Å²) in [6.45, 7) is 9.85. The number of carbonyl (C=O) groups excluding carboxylic acids is 1. The van der Waals surface area contributed by atoms with Crippen molar-refractivity contribution >= 4 is 5.97 Å². The average molecular weight is 200 g/mol. The van der Waals surface area contributed by atoms with Crippen LogP contribution >= 0.6 is 0 Å². The van der Waals surface area contributed by atoms with Gasteiger partial charge in [-0.2, -0.15) is 0 Å². The molecular weight excluding hydrogens is 180 g/mol. The second-order valence-electron chi connectivity index (χ2n) is 5.20. The number of hydrogen-bond donors (Lipinski definition) is 0. The first kappa shape index (κ1) is 11.5. The summed E-state index contributed by atoms with van der Waals surface area (Å²) in [6, 6.07) is 0. The van der Waals surface area contributed by atoms with Gasteiger partial charge in [0.25, 0.3) is 0 Å². The summed E-state index contributed by atoms with van der Waals surface area (Å²) in [5, 5.41) is 0. The molecule has 2 unspecified atom stereocenters. The van der Waals surface area contributed by atoms with Crippen LogP contribution in [0.3, 0.4) is 0 Å². The van der Waals surface area contributed by atoms with E-state index in [4.69, 9.17) is 9.47 Å². The maximum atomic E-state index is 11.6. The Morgan fingerprint density at radius 2 is 2.00 bits per heavy atom. The quantitative estimate of drug-likeness (QED) is 0.642. The number of rotatable bonds is 2. The normalized spacial score (nSPS) is 33.2. The Labute approximate surface area is 85.8 Å². The van der Waals surface area contributed by atoms with Crippen molar-refractivity contribution < 1.29 is 14.3 Å². The van der Waals surface area contributed by atoms with E-state index < -0.39 is 11.9 Å². The van der Waals surface area contributed by atoms with Crippen LogP contribution in [0.1, 0.15) is 47.5 Å². The standard InChI is InChI=1S/C11H20O3/c1-6-7-11(5)8(12)13-9(14-11)10(2,3)4/h9H,6-7H2,1-5H3.